The average molecular weight is 330 g/mol. The highest BCUT2D eigenvalue weighted by Gasteiger charge is 2.21. The second kappa shape index (κ2) is 7.57. The second-order valence-electron chi connectivity index (χ2n) is 5.73. The maximum atomic E-state index is 12.7. The van der Waals surface area contributed by atoms with Gasteiger partial charge in [0.15, 0.2) is 0 Å². The van der Waals surface area contributed by atoms with Gasteiger partial charge in [-0.3, -0.25) is 9.48 Å². The van der Waals surface area contributed by atoms with Gasteiger partial charge in [0, 0.05) is 24.2 Å². The first-order valence-corrected chi connectivity index (χ1v) is 8.84. The lowest BCUT2D eigenvalue weighted by Crippen LogP contribution is -2.33. The number of rotatable bonds is 6. The first kappa shape index (κ1) is 16.0. The standard InChI is InChI=1S/C17H22N4OS/c1-2-9-20(13-15-6-4-11-23-15)17(22)16-7-10-21(19-16)14-5-3-8-18-12-14/h2,4,6-7,10-11,14,18H,1,3,5,8-9,12-13H2. The molecule has 122 valence electrons. The Morgan fingerprint density at radius 3 is 3.17 bits per heavy atom. The fraction of sp³-hybridized carbons (Fsp3) is 0.412. The number of nitrogens with one attached hydrogen (secondary N) is 1. The van der Waals surface area contributed by atoms with Gasteiger partial charge in [0.2, 0.25) is 0 Å². The van der Waals surface area contributed by atoms with Crippen molar-refractivity contribution in [1.82, 2.24) is 20.0 Å². The third kappa shape index (κ3) is 3.89. The number of thiophene rings is 1. The van der Waals surface area contributed by atoms with Crippen LogP contribution in [-0.2, 0) is 6.54 Å². The molecule has 23 heavy (non-hydrogen) atoms. The molecule has 2 aromatic rings. The summed E-state index contributed by atoms with van der Waals surface area (Å²) in [5, 5.41) is 9.92. The Morgan fingerprint density at radius 1 is 1.57 bits per heavy atom. The Hall–Kier alpha value is -1.92. The van der Waals surface area contributed by atoms with E-state index < -0.39 is 0 Å². The maximum Gasteiger partial charge on any atom is 0.274 e. The fourth-order valence-electron chi connectivity index (χ4n) is 2.84. The van der Waals surface area contributed by atoms with Crippen LogP contribution in [0.1, 0.15) is 34.2 Å². The number of piperidine rings is 1. The number of nitrogens with zero attached hydrogens (tertiary/aromatic N) is 3. The van der Waals surface area contributed by atoms with Crippen molar-refractivity contribution in [2.75, 3.05) is 19.6 Å². The summed E-state index contributed by atoms with van der Waals surface area (Å²) in [6, 6.07) is 6.21. The molecule has 1 aliphatic rings. The van der Waals surface area contributed by atoms with Crippen molar-refractivity contribution in [1.29, 1.82) is 0 Å². The zero-order valence-corrected chi connectivity index (χ0v) is 14.0. The number of carbonyl (C=O) groups excluding carboxylic acids is 1. The minimum Gasteiger partial charge on any atom is -0.328 e. The van der Waals surface area contributed by atoms with Gasteiger partial charge < -0.3 is 10.2 Å². The van der Waals surface area contributed by atoms with Gasteiger partial charge in [-0.2, -0.15) is 5.10 Å². The van der Waals surface area contributed by atoms with E-state index in [-0.39, 0.29) is 5.91 Å². The lowest BCUT2D eigenvalue weighted by molar-refractivity contribution is 0.0757. The molecule has 1 aliphatic heterocycles. The SMILES string of the molecule is C=CCN(Cc1cccs1)C(=O)c1ccn(C2CCCNC2)n1. The van der Waals surface area contributed by atoms with Crippen molar-refractivity contribution in [3.63, 3.8) is 0 Å². The number of aromatic nitrogens is 2. The largest absolute Gasteiger partial charge is 0.328 e. The molecule has 1 atom stereocenters. The fourth-order valence-corrected chi connectivity index (χ4v) is 3.56. The lowest BCUT2D eigenvalue weighted by Gasteiger charge is -2.23. The Labute approximate surface area is 140 Å². The zero-order valence-electron chi connectivity index (χ0n) is 13.1. The van der Waals surface area contributed by atoms with E-state index in [2.05, 4.69) is 17.0 Å². The minimum atomic E-state index is -0.0409. The molecule has 5 nitrogen and oxygen atoms in total. The molecule has 2 aromatic heterocycles. The smallest absolute Gasteiger partial charge is 0.274 e. The van der Waals surface area contributed by atoms with Gasteiger partial charge in [0.25, 0.3) is 5.91 Å². The highest BCUT2D eigenvalue weighted by atomic mass is 32.1. The summed E-state index contributed by atoms with van der Waals surface area (Å²) in [6.07, 6.45) is 5.93. The highest BCUT2D eigenvalue weighted by Crippen LogP contribution is 2.17. The van der Waals surface area contributed by atoms with Gasteiger partial charge in [0.1, 0.15) is 5.69 Å². The number of hydrogen-bond acceptors (Lipinski definition) is 4. The van der Waals surface area contributed by atoms with Crippen molar-refractivity contribution in [2.45, 2.75) is 25.4 Å². The van der Waals surface area contributed by atoms with Crippen LogP contribution in [0.5, 0.6) is 0 Å². The van der Waals surface area contributed by atoms with Crippen LogP contribution in [0.3, 0.4) is 0 Å². The molecule has 0 aliphatic carbocycles. The lowest BCUT2D eigenvalue weighted by atomic mass is 10.1. The van der Waals surface area contributed by atoms with Crippen molar-refractivity contribution in [3.05, 3.63) is 53.0 Å². The molecule has 3 heterocycles. The van der Waals surface area contributed by atoms with Gasteiger partial charge in [-0.1, -0.05) is 12.1 Å². The summed E-state index contributed by atoms with van der Waals surface area (Å²) >= 11 is 1.66. The van der Waals surface area contributed by atoms with E-state index in [1.54, 1.807) is 22.3 Å². The molecule has 1 unspecified atom stereocenters. The van der Waals surface area contributed by atoms with Gasteiger partial charge in [-0.25, -0.2) is 0 Å². The van der Waals surface area contributed by atoms with E-state index in [1.807, 2.05) is 34.5 Å². The summed E-state index contributed by atoms with van der Waals surface area (Å²) in [5.41, 5.74) is 0.508. The molecule has 1 saturated heterocycles. The highest BCUT2D eigenvalue weighted by molar-refractivity contribution is 7.09. The van der Waals surface area contributed by atoms with E-state index in [0.29, 0.717) is 24.8 Å². The van der Waals surface area contributed by atoms with Gasteiger partial charge in [-0.15, -0.1) is 17.9 Å². The van der Waals surface area contributed by atoms with Crippen molar-refractivity contribution < 1.29 is 4.79 Å². The monoisotopic (exact) mass is 330 g/mol. The molecule has 6 heteroatoms. The molecule has 0 saturated carbocycles. The molecule has 0 spiro atoms. The molecule has 0 aromatic carbocycles. The van der Waals surface area contributed by atoms with E-state index in [1.165, 1.54) is 0 Å². The first-order valence-electron chi connectivity index (χ1n) is 7.96. The first-order chi connectivity index (χ1) is 11.3. The van der Waals surface area contributed by atoms with Crippen molar-refractivity contribution in [2.24, 2.45) is 0 Å². The van der Waals surface area contributed by atoms with Crippen molar-refractivity contribution >= 4 is 17.2 Å². The van der Waals surface area contributed by atoms with Crippen LogP contribution in [0.15, 0.2) is 42.4 Å². The van der Waals surface area contributed by atoms with Gasteiger partial charge in [0.05, 0.1) is 12.6 Å². The van der Waals surface area contributed by atoms with Gasteiger partial charge in [-0.05, 0) is 36.9 Å². The molecular formula is C17H22N4OS. The van der Waals surface area contributed by atoms with Crippen LogP contribution < -0.4 is 5.32 Å². The predicted octanol–water partition coefficient (Wildman–Crippen LogP) is 2.70. The third-order valence-electron chi connectivity index (χ3n) is 4.04. The van der Waals surface area contributed by atoms with E-state index in [4.69, 9.17) is 0 Å². The number of amides is 1. The predicted molar refractivity (Wildman–Crippen MR) is 92.6 cm³/mol. The quantitative estimate of drug-likeness (QED) is 0.829. The molecule has 1 N–H and O–H groups in total. The van der Waals surface area contributed by atoms with Crippen LogP contribution in [0.4, 0.5) is 0 Å². The van der Waals surface area contributed by atoms with E-state index in [0.717, 1.165) is 30.8 Å². The van der Waals surface area contributed by atoms with Crippen molar-refractivity contribution in [3.8, 4) is 0 Å². The molecule has 3 rings (SSSR count). The number of hydrogen-bond donors (Lipinski definition) is 1. The van der Waals surface area contributed by atoms with Gasteiger partial charge >= 0.3 is 0 Å². The third-order valence-corrected chi connectivity index (χ3v) is 4.90. The normalized spacial score (nSPS) is 17.8. The zero-order chi connectivity index (χ0) is 16.1. The van der Waals surface area contributed by atoms with E-state index >= 15 is 0 Å². The maximum absolute atomic E-state index is 12.7. The molecule has 0 bridgehead atoms. The average Bonchev–Trinajstić information content (AvgIpc) is 3.26. The molecular weight excluding hydrogens is 308 g/mol. The molecule has 1 amide bonds. The molecule has 0 radical (unpaired) electrons. The second-order valence-corrected chi connectivity index (χ2v) is 6.77. The Balaban J connectivity index is 1.71. The summed E-state index contributed by atoms with van der Waals surface area (Å²) in [6.45, 7) is 6.86. The minimum absolute atomic E-state index is 0.0409. The summed E-state index contributed by atoms with van der Waals surface area (Å²) in [4.78, 5) is 15.7. The van der Waals surface area contributed by atoms with Crippen LogP contribution in [0.25, 0.3) is 0 Å². The summed E-state index contributed by atoms with van der Waals surface area (Å²) in [7, 11) is 0. The topological polar surface area (TPSA) is 50.2 Å². The van der Waals surface area contributed by atoms with E-state index in [9.17, 15) is 4.79 Å². The van der Waals surface area contributed by atoms with Crippen LogP contribution >= 0.6 is 11.3 Å². The van der Waals surface area contributed by atoms with Crippen LogP contribution in [0, 0.1) is 0 Å². The van der Waals surface area contributed by atoms with Crippen LogP contribution in [-0.4, -0.2) is 40.2 Å². The van der Waals surface area contributed by atoms with Crippen LogP contribution in [0.2, 0.25) is 0 Å². The molecule has 1 fully saturated rings. The Kier molecular flexibility index (Phi) is 5.25. The summed E-state index contributed by atoms with van der Waals surface area (Å²) in [5.74, 6) is -0.0409. The Morgan fingerprint density at radius 2 is 2.48 bits per heavy atom. The summed E-state index contributed by atoms with van der Waals surface area (Å²) < 4.78 is 1.93. The number of carbonyl (C=O) groups is 1. The Bertz CT molecular complexity index is 643.